The highest BCUT2D eigenvalue weighted by atomic mass is 16.5. The number of nitrogens with two attached hydrogens (primary N) is 1. The van der Waals surface area contributed by atoms with Crippen LogP contribution in [0.4, 0.5) is 16.2 Å². The quantitative estimate of drug-likeness (QED) is 0.628. The van der Waals surface area contributed by atoms with Crippen LogP contribution in [0.25, 0.3) is 0 Å². The largest absolute Gasteiger partial charge is 0.497 e. The molecule has 4 N–H and O–H groups in total. The number of urea groups is 1. The minimum Gasteiger partial charge on any atom is -0.497 e. The molecule has 140 valence electrons. The van der Waals surface area contributed by atoms with Crippen LogP contribution >= 0.6 is 0 Å². The molecule has 26 heavy (non-hydrogen) atoms. The number of carbonyl (C=O) groups excluding carboxylic acids is 1. The summed E-state index contributed by atoms with van der Waals surface area (Å²) in [5, 5.41) is 5.57. The zero-order chi connectivity index (χ0) is 18.9. The summed E-state index contributed by atoms with van der Waals surface area (Å²) in [5.74, 6) is 1.92. The molecule has 0 aliphatic heterocycles. The van der Waals surface area contributed by atoms with E-state index in [1.807, 2.05) is 13.8 Å². The van der Waals surface area contributed by atoms with Gasteiger partial charge in [-0.2, -0.15) is 0 Å². The van der Waals surface area contributed by atoms with Crippen molar-refractivity contribution in [2.75, 3.05) is 31.4 Å². The van der Waals surface area contributed by atoms with Crippen molar-refractivity contribution in [2.45, 2.75) is 20.4 Å². The number of hydrogen-bond acceptors (Lipinski definition) is 5. The Bertz CT molecular complexity index is 732. The zero-order valence-corrected chi connectivity index (χ0v) is 15.3. The van der Waals surface area contributed by atoms with Gasteiger partial charge in [-0.05, 0) is 44.2 Å². The van der Waals surface area contributed by atoms with Crippen molar-refractivity contribution in [1.82, 2.24) is 5.32 Å². The fourth-order valence-corrected chi connectivity index (χ4v) is 2.35. The van der Waals surface area contributed by atoms with Gasteiger partial charge in [-0.15, -0.1) is 0 Å². The van der Waals surface area contributed by atoms with Crippen LogP contribution in [-0.4, -0.2) is 26.4 Å². The summed E-state index contributed by atoms with van der Waals surface area (Å²) < 4.78 is 16.2. The van der Waals surface area contributed by atoms with Crippen LogP contribution in [0, 0.1) is 0 Å². The Labute approximate surface area is 153 Å². The maximum absolute atomic E-state index is 12.1. The summed E-state index contributed by atoms with van der Waals surface area (Å²) in [5.41, 5.74) is 7.93. The Balaban J connectivity index is 2.03. The third kappa shape index (κ3) is 5.20. The number of ether oxygens (including phenoxy) is 3. The van der Waals surface area contributed by atoms with Gasteiger partial charge in [0, 0.05) is 23.9 Å². The molecule has 0 saturated carbocycles. The Morgan fingerprint density at radius 1 is 1.04 bits per heavy atom. The first-order chi connectivity index (χ1) is 12.6. The van der Waals surface area contributed by atoms with E-state index in [0.717, 1.165) is 11.3 Å². The van der Waals surface area contributed by atoms with E-state index in [-0.39, 0.29) is 12.6 Å². The van der Waals surface area contributed by atoms with Crippen molar-refractivity contribution < 1.29 is 19.0 Å². The number of anilines is 2. The normalized spacial score (nSPS) is 10.1. The first-order valence-corrected chi connectivity index (χ1v) is 8.44. The predicted molar refractivity (Wildman–Crippen MR) is 102 cm³/mol. The van der Waals surface area contributed by atoms with E-state index in [9.17, 15) is 4.79 Å². The van der Waals surface area contributed by atoms with Crippen LogP contribution in [0.3, 0.4) is 0 Å². The van der Waals surface area contributed by atoms with E-state index in [0.29, 0.717) is 36.1 Å². The average Bonchev–Trinajstić information content (AvgIpc) is 2.64. The van der Waals surface area contributed by atoms with Gasteiger partial charge in [0.05, 0.1) is 26.0 Å². The van der Waals surface area contributed by atoms with E-state index in [2.05, 4.69) is 10.6 Å². The van der Waals surface area contributed by atoms with Crippen LogP contribution in [0.2, 0.25) is 0 Å². The third-order valence-corrected chi connectivity index (χ3v) is 3.58. The number of nitrogen functional groups attached to an aromatic ring is 1. The van der Waals surface area contributed by atoms with E-state index in [1.165, 1.54) is 0 Å². The third-order valence-electron chi connectivity index (χ3n) is 3.58. The molecule has 0 radical (unpaired) electrons. The standard InChI is InChI=1S/C19H25N3O4/c1-4-25-17-11-16(20)18(26-5-2)10-13(17)12-21-19(23)22-14-6-8-15(24-3)9-7-14/h6-11H,4-5,12,20H2,1-3H3,(H2,21,22,23). The molecule has 0 aliphatic rings. The first kappa shape index (κ1) is 19.2. The zero-order valence-electron chi connectivity index (χ0n) is 15.3. The molecule has 0 fully saturated rings. The number of nitrogens with one attached hydrogen (secondary N) is 2. The molecule has 0 aliphatic carbocycles. The highest BCUT2D eigenvalue weighted by Crippen LogP contribution is 2.31. The summed E-state index contributed by atoms with van der Waals surface area (Å²) in [6.45, 7) is 5.05. The van der Waals surface area contributed by atoms with Gasteiger partial charge in [-0.3, -0.25) is 0 Å². The highest BCUT2D eigenvalue weighted by molar-refractivity contribution is 5.89. The van der Waals surface area contributed by atoms with Gasteiger partial charge < -0.3 is 30.6 Å². The summed E-state index contributed by atoms with van der Waals surface area (Å²) in [6.07, 6.45) is 0. The molecule has 7 nitrogen and oxygen atoms in total. The maximum Gasteiger partial charge on any atom is 0.319 e. The number of amides is 2. The second kappa shape index (κ2) is 9.41. The van der Waals surface area contributed by atoms with Crippen molar-refractivity contribution in [2.24, 2.45) is 0 Å². The fourth-order valence-electron chi connectivity index (χ4n) is 2.35. The van der Waals surface area contributed by atoms with Gasteiger partial charge in [-0.1, -0.05) is 0 Å². The number of methoxy groups -OCH3 is 1. The van der Waals surface area contributed by atoms with Crippen LogP contribution < -0.4 is 30.6 Å². The van der Waals surface area contributed by atoms with Crippen LogP contribution in [0.5, 0.6) is 17.2 Å². The monoisotopic (exact) mass is 359 g/mol. The summed E-state index contributed by atoms with van der Waals surface area (Å²) in [7, 11) is 1.59. The van der Waals surface area contributed by atoms with E-state index >= 15 is 0 Å². The van der Waals surface area contributed by atoms with E-state index < -0.39 is 0 Å². The number of hydrogen-bond donors (Lipinski definition) is 3. The summed E-state index contributed by atoms with van der Waals surface area (Å²) in [6, 6.07) is 10.3. The van der Waals surface area contributed by atoms with E-state index in [1.54, 1.807) is 43.5 Å². The molecule has 0 atom stereocenters. The van der Waals surface area contributed by atoms with E-state index in [4.69, 9.17) is 19.9 Å². The molecule has 2 aromatic rings. The highest BCUT2D eigenvalue weighted by Gasteiger charge is 2.11. The van der Waals surface area contributed by atoms with Crippen molar-refractivity contribution >= 4 is 17.4 Å². The first-order valence-electron chi connectivity index (χ1n) is 8.44. The Morgan fingerprint density at radius 3 is 2.31 bits per heavy atom. The van der Waals surface area contributed by atoms with Crippen molar-refractivity contribution in [1.29, 1.82) is 0 Å². The van der Waals surface area contributed by atoms with Crippen LogP contribution in [-0.2, 0) is 6.54 Å². The molecular formula is C19H25N3O4. The molecule has 7 heteroatoms. The molecule has 2 aromatic carbocycles. The molecule has 0 aromatic heterocycles. The summed E-state index contributed by atoms with van der Waals surface area (Å²) >= 11 is 0. The maximum atomic E-state index is 12.1. The lowest BCUT2D eigenvalue weighted by atomic mass is 10.1. The average molecular weight is 359 g/mol. The summed E-state index contributed by atoms with van der Waals surface area (Å²) in [4.78, 5) is 12.1. The SMILES string of the molecule is CCOc1cc(CNC(=O)Nc2ccc(OC)cc2)c(OCC)cc1N. The van der Waals surface area contributed by atoms with Crippen molar-refractivity contribution in [3.8, 4) is 17.2 Å². The van der Waals surface area contributed by atoms with Gasteiger partial charge in [0.25, 0.3) is 0 Å². The lowest BCUT2D eigenvalue weighted by Gasteiger charge is -2.15. The molecule has 0 spiro atoms. The van der Waals surface area contributed by atoms with Gasteiger partial charge in [0.15, 0.2) is 0 Å². The van der Waals surface area contributed by atoms with Gasteiger partial charge in [0.2, 0.25) is 0 Å². The molecule has 2 amide bonds. The molecule has 0 bridgehead atoms. The minimum absolute atomic E-state index is 0.275. The smallest absolute Gasteiger partial charge is 0.319 e. The molecule has 0 saturated heterocycles. The van der Waals surface area contributed by atoms with Gasteiger partial charge in [-0.25, -0.2) is 4.79 Å². The number of carbonyl (C=O) groups is 1. The van der Waals surface area contributed by atoms with Gasteiger partial charge in [0.1, 0.15) is 17.2 Å². The predicted octanol–water partition coefficient (Wildman–Crippen LogP) is 3.40. The minimum atomic E-state index is -0.326. The lowest BCUT2D eigenvalue weighted by Crippen LogP contribution is -2.28. The van der Waals surface area contributed by atoms with Crippen molar-refractivity contribution in [3.05, 3.63) is 42.0 Å². The lowest BCUT2D eigenvalue weighted by molar-refractivity contribution is 0.251. The second-order valence-electron chi connectivity index (χ2n) is 5.40. The second-order valence-corrected chi connectivity index (χ2v) is 5.40. The van der Waals surface area contributed by atoms with Crippen LogP contribution in [0.1, 0.15) is 19.4 Å². The fraction of sp³-hybridized carbons (Fsp3) is 0.316. The molecular weight excluding hydrogens is 334 g/mol. The van der Waals surface area contributed by atoms with Crippen LogP contribution in [0.15, 0.2) is 36.4 Å². The Kier molecular flexibility index (Phi) is 6.96. The van der Waals surface area contributed by atoms with Gasteiger partial charge >= 0.3 is 6.03 Å². The molecule has 0 heterocycles. The molecule has 2 rings (SSSR count). The molecule has 0 unspecified atom stereocenters. The Morgan fingerprint density at radius 2 is 1.69 bits per heavy atom. The number of benzene rings is 2. The van der Waals surface area contributed by atoms with Crippen molar-refractivity contribution in [3.63, 3.8) is 0 Å². The Hall–Kier alpha value is -3.09. The topological polar surface area (TPSA) is 94.8 Å². The number of rotatable bonds is 8.